The molecule has 98 valence electrons. The molecule has 0 fully saturated rings. The number of nitrogens with two attached hydrogens (primary N) is 2. The molecule has 18 heavy (non-hydrogen) atoms. The van der Waals surface area contributed by atoms with Crippen LogP contribution in [0, 0.1) is 33.7 Å². The molecule has 8 heteroatoms. The van der Waals surface area contributed by atoms with Crippen LogP contribution >= 0.6 is 0 Å². The van der Waals surface area contributed by atoms with Crippen LogP contribution < -0.4 is 11.5 Å². The van der Waals surface area contributed by atoms with Gasteiger partial charge in [0.25, 0.3) is 0 Å². The van der Waals surface area contributed by atoms with Gasteiger partial charge in [0.05, 0.1) is 0 Å². The van der Waals surface area contributed by atoms with Crippen LogP contribution in [-0.4, -0.2) is 34.8 Å². The summed E-state index contributed by atoms with van der Waals surface area (Å²) in [4.78, 5) is 2.24. The maximum atomic E-state index is 8.64. The molecule has 0 unspecified atom stereocenters. The Morgan fingerprint density at radius 1 is 0.833 bits per heavy atom. The molecule has 0 heterocycles. The van der Waals surface area contributed by atoms with Crippen LogP contribution in [0.3, 0.4) is 0 Å². The summed E-state index contributed by atoms with van der Waals surface area (Å²) in [5.41, 5.74) is 10.4. The summed E-state index contributed by atoms with van der Waals surface area (Å²) in [6, 6.07) is 0. The monoisotopic (exact) mass is 250 g/mol. The second-order valence-corrected chi connectivity index (χ2v) is 3.69. The van der Waals surface area contributed by atoms with Crippen molar-refractivity contribution in [3.8, 4) is 12.4 Å². The van der Waals surface area contributed by atoms with E-state index in [1.54, 1.807) is 0 Å². The molecule has 0 saturated heterocycles. The minimum atomic E-state index is -0.246. The quantitative estimate of drug-likeness (QED) is 0.163. The van der Waals surface area contributed by atoms with Crippen molar-refractivity contribution in [1.29, 1.82) is 21.3 Å². The fraction of sp³-hybridized carbons (Fsp3) is 0.600. The molecule has 0 saturated carbocycles. The Morgan fingerprint density at radius 3 is 1.39 bits per heavy atom. The van der Waals surface area contributed by atoms with E-state index in [0.717, 1.165) is 35.5 Å². The first-order chi connectivity index (χ1) is 8.52. The molecule has 0 aliphatic heterocycles. The lowest BCUT2D eigenvalue weighted by Crippen LogP contribution is -2.33. The number of guanidine groups is 2. The maximum absolute atomic E-state index is 8.64. The molecule has 0 aliphatic carbocycles. The zero-order chi connectivity index (χ0) is 14.0. The van der Waals surface area contributed by atoms with Crippen molar-refractivity contribution >= 4 is 11.9 Å². The van der Waals surface area contributed by atoms with E-state index in [-0.39, 0.29) is 11.9 Å². The molecule has 0 aromatic heterocycles. The summed E-state index contributed by atoms with van der Waals surface area (Å²) in [7, 11) is 0. The lowest BCUT2D eigenvalue weighted by atomic mass is 10.2. The molecule has 6 N–H and O–H groups in total. The summed E-state index contributed by atoms with van der Waals surface area (Å²) < 4.78 is 0. The number of hydrogen-bond donors (Lipinski definition) is 4. The molecule has 0 amide bonds. The average Bonchev–Trinajstić information content (AvgIpc) is 2.32. The Kier molecular flexibility index (Phi) is 7.46. The Morgan fingerprint density at radius 2 is 1.17 bits per heavy atom. The van der Waals surface area contributed by atoms with Gasteiger partial charge in [-0.25, -0.2) is 9.80 Å². The summed E-state index contributed by atoms with van der Waals surface area (Å²) in [5.74, 6) is -0.491. The fourth-order valence-electron chi connectivity index (χ4n) is 1.34. The van der Waals surface area contributed by atoms with E-state index < -0.39 is 0 Å². The van der Waals surface area contributed by atoms with Gasteiger partial charge in [-0.1, -0.05) is 12.8 Å². The first-order valence-corrected chi connectivity index (χ1v) is 5.55. The summed E-state index contributed by atoms with van der Waals surface area (Å²) >= 11 is 0. The topological polar surface area (TPSA) is 154 Å². The van der Waals surface area contributed by atoms with Gasteiger partial charge in [-0.15, -0.1) is 0 Å². The van der Waals surface area contributed by atoms with Gasteiger partial charge in [-0.2, -0.15) is 10.5 Å². The van der Waals surface area contributed by atoms with Crippen LogP contribution in [-0.2, 0) is 0 Å². The Hall–Kier alpha value is -2.48. The third-order valence-electron chi connectivity index (χ3n) is 2.34. The van der Waals surface area contributed by atoms with Crippen molar-refractivity contribution in [1.82, 2.24) is 9.80 Å². The van der Waals surface area contributed by atoms with Crippen molar-refractivity contribution in [2.24, 2.45) is 11.5 Å². The van der Waals surface area contributed by atoms with E-state index in [1.165, 1.54) is 0 Å². The molecule has 0 aromatic carbocycles. The van der Waals surface area contributed by atoms with E-state index >= 15 is 0 Å². The highest BCUT2D eigenvalue weighted by molar-refractivity contribution is 5.76. The van der Waals surface area contributed by atoms with E-state index in [4.69, 9.17) is 32.8 Å². The molecule has 0 radical (unpaired) electrons. The SMILES string of the molecule is N#CN(CCCCCCN(C#N)C(=N)N)C(=N)N. The normalized spacial score (nSPS) is 9.00. The van der Waals surface area contributed by atoms with Gasteiger partial charge in [-0.3, -0.25) is 10.8 Å². The zero-order valence-corrected chi connectivity index (χ0v) is 10.2. The van der Waals surface area contributed by atoms with Crippen LogP contribution in [0.1, 0.15) is 25.7 Å². The minimum Gasteiger partial charge on any atom is -0.369 e. The molecule has 0 atom stereocenters. The molecule has 8 nitrogen and oxygen atoms in total. The molecular formula is C10H18N8. The second-order valence-electron chi connectivity index (χ2n) is 3.69. The molecule has 0 rings (SSSR count). The number of nitrogens with zero attached hydrogens (tertiary/aromatic N) is 4. The summed E-state index contributed by atoms with van der Waals surface area (Å²) in [5, 5.41) is 31.5. The lowest BCUT2D eigenvalue weighted by Gasteiger charge is -2.13. The summed E-state index contributed by atoms with van der Waals surface area (Å²) in [6.45, 7) is 0.862. The standard InChI is InChI=1S/C10H18N8/c11-7-17(9(13)14)5-3-1-2-4-6-18(8-12)10(15)16/h1-6H2,(H3,13,14)(H3,15,16). The largest absolute Gasteiger partial charge is 0.369 e. The summed E-state index contributed by atoms with van der Waals surface area (Å²) in [6.07, 6.45) is 6.87. The Balaban J connectivity index is 3.64. The van der Waals surface area contributed by atoms with Gasteiger partial charge in [0.15, 0.2) is 12.4 Å². The lowest BCUT2D eigenvalue weighted by molar-refractivity contribution is 0.481. The van der Waals surface area contributed by atoms with Crippen LogP contribution in [0.15, 0.2) is 0 Å². The number of nitrogens with one attached hydrogen (secondary N) is 2. The third-order valence-corrected chi connectivity index (χ3v) is 2.34. The number of rotatable bonds is 7. The third kappa shape index (κ3) is 6.18. The smallest absolute Gasteiger partial charge is 0.201 e. The van der Waals surface area contributed by atoms with E-state index in [0.29, 0.717) is 13.1 Å². The highest BCUT2D eigenvalue weighted by atomic mass is 15.2. The minimum absolute atomic E-state index is 0.246. The van der Waals surface area contributed by atoms with Gasteiger partial charge in [0, 0.05) is 13.1 Å². The number of unbranched alkanes of at least 4 members (excludes halogenated alkanes) is 3. The van der Waals surface area contributed by atoms with Gasteiger partial charge in [-0.05, 0) is 12.8 Å². The first kappa shape index (κ1) is 15.5. The second kappa shape index (κ2) is 8.65. The highest BCUT2D eigenvalue weighted by Gasteiger charge is 2.05. The average molecular weight is 250 g/mol. The molecular weight excluding hydrogens is 232 g/mol. The van der Waals surface area contributed by atoms with Gasteiger partial charge < -0.3 is 11.5 Å². The fourth-order valence-corrected chi connectivity index (χ4v) is 1.34. The Labute approximate surface area is 106 Å². The zero-order valence-electron chi connectivity index (χ0n) is 10.2. The van der Waals surface area contributed by atoms with Crippen LogP contribution in [0.4, 0.5) is 0 Å². The first-order valence-electron chi connectivity index (χ1n) is 5.55. The van der Waals surface area contributed by atoms with E-state index in [9.17, 15) is 0 Å². The number of hydrogen-bond acceptors (Lipinski definition) is 4. The molecule has 0 spiro atoms. The molecule has 0 bridgehead atoms. The predicted molar refractivity (Wildman–Crippen MR) is 66.9 cm³/mol. The van der Waals surface area contributed by atoms with Crippen molar-refractivity contribution in [3.63, 3.8) is 0 Å². The maximum Gasteiger partial charge on any atom is 0.201 e. The van der Waals surface area contributed by atoms with E-state index in [2.05, 4.69) is 0 Å². The highest BCUT2D eigenvalue weighted by Crippen LogP contribution is 2.02. The van der Waals surface area contributed by atoms with Crippen molar-refractivity contribution < 1.29 is 0 Å². The molecule has 0 aliphatic rings. The van der Waals surface area contributed by atoms with E-state index in [1.807, 2.05) is 12.4 Å². The van der Waals surface area contributed by atoms with Gasteiger partial charge >= 0.3 is 0 Å². The van der Waals surface area contributed by atoms with Crippen molar-refractivity contribution in [2.75, 3.05) is 13.1 Å². The van der Waals surface area contributed by atoms with Crippen molar-refractivity contribution in [3.05, 3.63) is 0 Å². The van der Waals surface area contributed by atoms with Crippen LogP contribution in [0.2, 0.25) is 0 Å². The van der Waals surface area contributed by atoms with Crippen molar-refractivity contribution in [2.45, 2.75) is 25.7 Å². The van der Waals surface area contributed by atoms with Gasteiger partial charge in [0.1, 0.15) is 0 Å². The molecule has 0 aromatic rings. The predicted octanol–water partition coefficient (Wildman–Crippen LogP) is -0.100. The van der Waals surface area contributed by atoms with Crippen LogP contribution in [0.25, 0.3) is 0 Å². The Bertz CT molecular complexity index is 327. The number of nitriles is 2. The van der Waals surface area contributed by atoms with Crippen LogP contribution in [0.5, 0.6) is 0 Å². The van der Waals surface area contributed by atoms with Gasteiger partial charge in [0.2, 0.25) is 11.9 Å².